The topological polar surface area (TPSA) is 46.4 Å². The Morgan fingerprint density at radius 1 is 1.33 bits per heavy atom. The lowest BCUT2D eigenvalue weighted by molar-refractivity contribution is -0.384. The number of anilines is 1. The van der Waals surface area contributed by atoms with Crippen LogP contribution in [0.5, 0.6) is 0 Å². The van der Waals surface area contributed by atoms with E-state index in [1.807, 2.05) is 24.8 Å². The van der Waals surface area contributed by atoms with Crippen molar-refractivity contribution in [1.29, 1.82) is 0 Å². The van der Waals surface area contributed by atoms with Crippen LogP contribution < -0.4 is 4.90 Å². The third-order valence-corrected chi connectivity index (χ3v) is 4.38. The molecular formula is C13H18N2O2S. The van der Waals surface area contributed by atoms with Gasteiger partial charge in [-0.2, -0.15) is 11.8 Å². The first-order valence-electron chi connectivity index (χ1n) is 6.13. The van der Waals surface area contributed by atoms with Crippen LogP contribution in [-0.2, 0) is 0 Å². The van der Waals surface area contributed by atoms with Crippen LogP contribution in [0.2, 0.25) is 0 Å². The Balaban J connectivity index is 2.25. The molecule has 98 valence electrons. The van der Waals surface area contributed by atoms with Crippen LogP contribution in [0, 0.1) is 17.0 Å². The summed E-state index contributed by atoms with van der Waals surface area (Å²) in [6.45, 7) is 8.42. The number of hydrogen-bond acceptors (Lipinski definition) is 4. The lowest BCUT2D eigenvalue weighted by Crippen LogP contribution is -2.40. The predicted molar refractivity (Wildman–Crippen MR) is 76.6 cm³/mol. The minimum Gasteiger partial charge on any atom is -0.369 e. The molecule has 0 bridgehead atoms. The normalized spacial score (nSPS) is 24.1. The molecule has 1 heterocycles. The molecule has 1 aromatic rings. The predicted octanol–water partition coefficient (Wildman–Crippen LogP) is 3.23. The number of hydrogen-bond donors (Lipinski definition) is 0. The van der Waals surface area contributed by atoms with Crippen LogP contribution in [0.3, 0.4) is 0 Å². The number of nitro groups is 1. The van der Waals surface area contributed by atoms with Crippen molar-refractivity contribution >= 4 is 23.1 Å². The number of nitrogens with zero attached hydrogens (tertiary/aromatic N) is 2. The maximum Gasteiger partial charge on any atom is 0.269 e. The first-order chi connectivity index (χ1) is 8.47. The van der Waals surface area contributed by atoms with Crippen molar-refractivity contribution in [3.63, 3.8) is 0 Å². The minimum atomic E-state index is -0.339. The summed E-state index contributed by atoms with van der Waals surface area (Å²) in [5.74, 6) is 0. The fourth-order valence-corrected chi connectivity index (χ4v) is 3.81. The molecule has 0 spiro atoms. The van der Waals surface area contributed by atoms with E-state index in [2.05, 4.69) is 18.7 Å². The number of rotatable bonds is 2. The molecule has 0 amide bonds. The highest BCUT2D eigenvalue weighted by molar-refractivity contribution is 8.00. The fourth-order valence-electron chi connectivity index (χ4n) is 2.48. The third kappa shape index (κ3) is 2.77. The lowest BCUT2D eigenvalue weighted by atomic mass is 10.1. The van der Waals surface area contributed by atoms with Crippen LogP contribution in [0.4, 0.5) is 11.4 Å². The van der Waals surface area contributed by atoms with Gasteiger partial charge in [-0.05, 0) is 18.6 Å². The lowest BCUT2D eigenvalue weighted by Gasteiger charge is -2.37. The van der Waals surface area contributed by atoms with Crippen LogP contribution in [0.25, 0.3) is 0 Å². The molecule has 2 rings (SSSR count). The number of benzene rings is 1. The summed E-state index contributed by atoms with van der Waals surface area (Å²) >= 11 is 2.00. The molecule has 0 aliphatic carbocycles. The molecule has 1 aliphatic heterocycles. The van der Waals surface area contributed by atoms with Gasteiger partial charge in [-0.3, -0.25) is 10.1 Å². The van der Waals surface area contributed by atoms with Crippen LogP contribution in [0.1, 0.15) is 19.4 Å². The quantitative estimate of drug-likeness (QED) is 0.609. The summed E-state index contributed by atoms with van der Waals surface area (Å²) in [4.78, 5) is 12.7. The molecule has 1 fully saturated rings. The van der Waals surface area contributed by atoms with Gasteiger partial charge >= 0.3 is 0 Å². The van der Waals surface area contributed by atoms with E-state index >= 15 is 0 Å². The second-order valence-electron chi connectivity index (χ2n) is 4.89. The van der Waals surface area contributed by atoms with Crippen molar-refractivity contribution in [1.82, 2.24) is 0 Å². The highest BCUT2D eigenvalue weighted by Gasteiger charge is 2.23. The Morgan fingerprint density at radius 2 is 1.94 bits per heavy atom. The van der Waals surface area contributed by atoms with Gasteiger partial charge in [0.25, 0.3) is 5.69 Å². The maximum atomic E-state index is 10.7. The standard InChI is InChI=1S/C13H18N2O2S/c1-9-6-12(15(16)17)4-5-13(9)14-7-10(2)18-11(3)8-14/h4-6,10-11H,7-8H2,1-3H3. The fraction of sp³-hybridized carbons (Fsp3) is 0.538. The molecule has 0 radical (unpaired) electrons. The van der Waals surface area contributed by atoms with E-state index in [4.69, 9.17) is 0 Å². The van der Waals surface area contributed by atoms with Crippen molar-refractivity contribution < 1.29 is 4.92 Å². The first kappa shape index (κ1) is 13.2. The molecule has 2 atom stereocenters. The smallest absolute Gasteiger partial charge is 0.269 e. The Morgan fingerprint density at radius 3 is 2.44 bits per heavy atom. The van der Waals surface area contributed by atoms with E-state index in [-0.39, 0.29) is 10.6 Å². The Kier molecular flexibility index (Phi) is 3.80. The van der Waals surface area contributed by atoms with Gasteiger partial charge < -0.3 is 4.90 Å². The molecule has 1 saturated heterocycles. The number of non-ortho nitro benzene ring substituents is 1. The molecule has 2 unspecified atom stereocenters. The van der Waals surface area contributed by atoms with E-state index in [0.29, 0.717) is 10.5 Å². The van der Waals surface area contributed by atoms with Gasteiger partial charge in [-0.15, -0.1) is 0 Å². The zero-order valence-corrected chi connectivity index (χ0v) is 11.7. The first-order valence-corrected chi connectivity index (χ1v) is 7.07. The molecule has 0 aromatic heterocycles. The van der Waals surface area contributed by atoms with Gasteiger partial charge in [-0.25, -0.2) is 0 Å². The van der Waals surface area contributed by atoms with Crippen molar-refractivity contribution in [2.75, 3.05) is 18.0 Å². The minimum absolute atomic E-state index is 0.170. The van der Waals surface area contributed by atoms with Gasteiger partial charge in [0.1, 0.15) is 0 Å². The molecule has 4 nitrogen and oxygen atoms in total. The van der Waals surface area contributed by atoms with Crippen molar-refractivity contribution in [3.8, 4) is 0 Å². The van der Waals surface area contributed by atoms with E-state index < -0.39 is 0 Å². The highest BCUT2D eigenvalue weighted by atomic mass is 32.2. The van der Waals surface area contributed by atoms with Crippen LogP contribution in [0.15, 0.2) is 18.2 Å². The van der Waals surface area contributed by atoms with Crippen molar-refractivity contribution in [3.05, 3.63) is 33.9 Å². The SMILES string of the molecule is Cc1cc([N+](=O)[O-])ccc1N1CC(C)SC(C)C1. The molecule has 1 aliphatic rings. The highest BCUT2D eigenvalue weighted by Crippen LogP contribution is 2.31. The van der Waals surface area contributed by atoms with Crippen molar-refractivity contribution in [2.24, 2.45) is 0 Å². The number of nitro benzene ring substituents is 1. The Bertz CT molecular complexity index is 454. The van der Waals surface area contributed by atoms with E-state index in [9.17, 15) is 10.1 Å². The van der Waals surface area contributed by atoms with E-state index in [0.717, 1.165) is 24.3 Å². The number of aryl methyl sites for hydroxylation is 1. The average molecular weight is 266 g/mol. The average Bonchev–Trinajstić information content (AvgIpc) is 2.27. The summed E-state index contributed by atoms with van der Waals surface area (Å²) in [5.41, 5.74) is 2.28. The van der Waals surface area contributed by atoms with Gasteiger partial charge in [0.15, 0.2) is 0 Å². The van der Waals surface area contributed by atoms with Gasteiger partial charge in [0.05, 0.1) is 4.92 Å². The monoisotopic (exact) mass is 266 g/mol. The molecule has 1 aromatic carbocycles. The summed E-state index contributed by atoms with van der Waals surface area (Å²) in [6.07, 6.45) is 0. The van der Waals surface area contributed by atoms with Gasteiger partial charge in [0, 0.05) is 41.4 Å². The summed E-state index contributed by atoms with van der Waals surface area (Å²) in [5, 5.41) is 11.9. The Hall–Kier alpha value is -1.23. The second-order valence-corrected chi connectivity index (χ2v) is 6.77. The zero-order chi connectivity index (χ0) is 13.3. The van der Waals surface area contributed by atoms with E-state index in [1.165, 1.54) is 0 Å². The zero-order valence-electron chi connectivity index (χ0n) is 10.9. The molecular weight excluding hydrogens is 248 g/mol. The van der Waals surface area contributed by atoms with Gasteiger partial charge in [0.2, 0.25) is 0 Å². The molecule has 5 heteroatoms. The van der Waals surface area contributed by atoms with Crippen molar-refractivity contribution in [2.45, 2.75) is 31.3 Å². The van der Waals surface area contributed by atoms with Crippen LogP contribution >= 0.6 is 11.8 Å². The largest absolute Gasteiger partial charge is 0.369 e. The molecule has 0 N–H and O–H groups in total. The Labute approximate surface area is 112 Å². The van der Waals surface area contributed by atoms with Gasteiger partial charge in [-0.1, -0.05) is 13.8 Å². The third-order valence-electron chi connectivity index (χ3n) is 3.15. The maximum absolute atomic E-state index is 10.7. The number of thioether (sulfide) groups is 1. The second kappa shape index (κ2) is 5.18. The summed E-state index contributed by atoms with van der Waals surface area (Å²) in [7, 11) is 0. The van der Waals surface area contributed by atoms with Crippen LogP contribution in [-0.4, -0.2) is 28.5 Å². The summed E-state index contributed by atoms with van der Waals surface area (Å²) < 4.78 is 0. The summed E-state index contributed by atoms with van der Waals surface area (Å²) in [6, 6.07) is 5.13. The van der Waals surface area contributed by atoms with E-state index in [1.54, 1.807) is 12.1 Å². The molecule has 18 heavy (non-hydrogen) atoms. The molecule has 0 saturated carbocycles.